The van der Waals surface area contributed by atoms with Crippen molar-refractivity contribution in [3.05, 3.63) is 94.2 Å². The second-order valence-corrected chi connectivity index (χ2v) is 58.9. The fourth-order valence-corrected chi connectivity index (χ4v) is 2.47. The molecule has 0 radical (unpaired) electrons. The van der Waals surface area contributed by atoms with Gasteiger partial charge in [0, 0.05) is 28.2 Å². The Kier molecular flexibility index (Phi) is 42.1. The van der Waals surface area contributed by atoms with Crippen LogP contribution >= 0.6 is 122 Å². The molecule has 0 amide bonds. The van der Waals surface area contributed by atoms with Crippen molar-refractivity contribution < 1.29 is 33.5 Å². The van der Waals surface area contributed by atoms with Crippen molar-refractivity contribution >= 4 is 141 Å². The number of nitro benzene ring substituents is 2. The van der Waals surface area contributed by atoms with Crippen LogP contribution in [0.2, 0.25) is 6.82 Å². The fraction of sp³-hybridized carbons (Fsp3) is 0.481. The number of nitrogens with zero attached hydrogens (tertiary/aromatic N) is 2. The van der Waals surface area contributed by atoms with E-state index >= 15 is 0 Å². The van der Waals surface area contributed by atoms with Crippen LogP contribution in [0.5, 0.6) is 0 Å². The van der Waals surface area contributed by atoms with Crippen LogP contribution in [0.15, 0.2) is 48.5 Å². The summed E-state index contributed by atoms with van der Waals surface area (Å²) in [6.45, 7) is 23.2. The molecule has 44 heavy (non-hydrogen) atoms. The monoisotopic (exact) mass is 1370 g/mol. The standard InChI is InChI=1S/C7H15BO2.2C7H7NO2.C3H7I.C2H5.CH3.5HI.2V/c1-6(2)7(3,4)10-8(5)9-6;2*1-6-2-4-7(5-3-6)8(9)10;1-3(2)4;1-2;;;;;;;;/h1-5H3;2*2-5H,1H3;3H,1-2H3;1H2,2H3;1H3;5*1H;;/q;;;;2*-1;;;;;;+2;+3/p-5. The van der Waals surface area contributed by atoms with E-state index in [1.807, 2.05) is 20.7 Å². The summed E-state index contributed by atoms with van der Waals surface area (Å²) in [4.78, 5) is 19.2. The minimum absolute atomic E-state index is 0. The van der Waals surface area contributed by atoms with Crippen molar-refractivity contribution in [2.24, 2.45) is 0 Å². The van der Waals surface area contributed by atoms with Crippen LogP contribution in [0.3, 0.4) is 0 Å². The van der Waals surface area contributed by atoms with E-state index in [1.54, 1.807) is 31.2 Å². The van der Waals surface area contributed by atoms with E-state index in [0.29, 0.717) is 9.47 Å². The van der Waals surface area contributed by atoms with Crippen LogP contribution in [0.1, 0.15) is 59.6 Å². The molecule has 2 aromatic rings. The first-order chi connectivity index (χ1) is 19.6. The molecule has 1 aliphatic heterocycles. The Hall–Kier alpha value is 2.77. The molecule has 1 aliphatic rings. The van der Waals surface area contributed by atoms with Crippen molar-refractivity contribution in [3.63, 3.8) is 0 Å². The van der Waals surface area contributed by atoms with E-state index < -0.39 is 9.85 Å². The summed E-state index contributed by atoms with van der Waals surface area (Å²) in [5.74, 6) is 0. The number of nitro groups is 2. The number of non-ortho nitro benzene ring substituents is 2. The second-order valence-electron chi connectivity index (χ2n) is 9.28. The van der Waals surface area contributed by atoms with Crippen LogP contribution in [0, 0.1) is 48.4 Å². The normalized spacial score (nSPS) is 12.9. The first kappa shape index (κ1) is 56.2. The van der Waals surface area contributed by atoms with Gasteiger partial charge in [-0.2, -0.15) is 6.92 Å². The third-order valence-electron chi connectivity index (χ3n) is 4.86. The van der Waals surface area contributed by atoms with Gasteiger partial charge in [-0.25, -0.2) is 0 Å². The Labute approximate surface area is 347 Å². The van der Waals surface area contributed by atoms with E-state index in [2.05, 4.69) is 171 Å². The topological polar surface area (TPSA) is 105 Å². The van der Waals surface area contributed by atoms with E-state index in [4.69, 9.17) is 9.31 Å². The SMILES string of the molecule is CB1OC(C)(C)C(C)(C)O1.CC(C)I.Cc1ccc([N+](=O)[O-])cc1.Cc1ccc([N+](=O)[O-])cc1.[CH2-]C.[CH3-].[I][V]([I])[I].[I][V][I]. The van der Waals surface area contributed by atoms with Gasteiger partial charge in [0.1, 0.15) is 0 Å². The fourth-order valence-electron chi connectivity index (χ4n) is 2.47. The van der Waals surface area contributed by atoms with Gasteiger partial charge in [-0.15, -0.1) is 0 Å². The van der Waals surface area contributed by atoms with Gasteiger partial charge in [-0.05, 0) is 48.4 Å². The molecule has 0 unspecified atom stereocenters. The summed E-state index contributed by atoms with van der Waals surface area (Å²) < 4.78 is 11.9. The number of hydrogen-bond acceptors (Lipinski definition) is 6. The summed E-state index contributed by atoms with van der Waals surface area (Å²) >= 11 is 14.5. The molecule has 0 bridgehead atoms. The second kappa shape index (κ2) is 32.9. The number of aryl methyl sites for hydroxylation is 2. The van der Waals surface area contributed by atoms with Crippen LogP contribution in [-0.4, -0.2) is 32.1 Å². The van der Waals surface area contributed by atoms with Crippen LogP contribution in [0.4, 0.5) is 11.4 Å². The molecule has 0 saturated carbocycles. The third-order valence-corrected chi connectivity index (χ3v) is 4.86. The molecule has 0 atom stereocenters. The van der Waals surface area contributed by atoms with Gasteiger partial charge in [-0.3, -0.25) is 20.2 Å². The Morgan fingerprint density at radius 3 is 1.09 bits per heavy atom. The number of alkyl halides is 1. The molecular formula is C27H44BI6N2O6V2-2. The summed E-state index contributed by atoms with van der Waals surface area (Å²) in [7, 11) is 0.563. The van der Waals surface area contributed by atoms with Gasteiger partial charge in [-0.1, -0.05) is 71.8 Å². The maximum atomic E-state index is 10.1. The number of benzene rings is 2. The van der Waals surface area contributed by atoms with E-state index in [1.165, 1.54) is 24.3 Å². The molecule has 1 saturated heterocycles. The summed E-state index contributed by atoms with van der Waals surface area (Å²) in [5, 5.41) is 20.2. The van der Waals surface area contributed by atoms with E-state index in [0.717, 1.165) is 15.1 Å². The zero-order chi connectivity index (χ0) is 35.0. The molecule has 0 N–H and O–H groups in total. The van der Waals surface area contributed by atoms with Gasteiger partial charge < -0.3 is 23.7 Å². The van der Waals surface area contributed by atoms with Gasteiger partial charge in [0.25, 0.3) is 11.4 Å². The summed E-state index contributed by atoms with van der Waals surface area (Å²) in [6, 6.07) is 12.9. The molecule has 0 aromatic heterocycles. The molecule has 255 valence electrons. The molecule has 1 fully saturated rings. The Balaban J connectivity index is -0.000000144. The molecule has 3 rings (SSSR count). The van der Waals surface area contributed by atoms with Crippen LogP contribution in [-0.2, 0) is 23.7 Å². The predicted octanol–water partition coefficient (Wildman–Crippen LogP) is 13.1. The first-order valence-electron chi connectivity index (χ1n) is 12.5. The van der Waals surface area contributed by atoms with Crippen molar-refractivity contribution in [1.82, 2.24) is 0 Å². The molecular weight excluding hydrogens is 1320 g/mol. The van der Waals surface area contributed by atoms with Crippen molar-refractivity contribution in [1.29, 1.82) is 0 Å². The molecule has 17 heteroatoms. The number of hydrogen-bond donors (Lipinski definition) is 0. The number of halogens is 6. The molecule has 0 aliphatic carbocycles. The molecule has 2 aromatic carbocycles. The molecule has 8 nitrogen and oxygen atoms in total. The van der Waals surface area contributed by atoms with Crippen LogP contribution in [0.25, 0.3) is 0 Å². The number of rotatable bonds is 2. The Morgan fingerprint density at radius 1 is 0.795 bits per heavy atom. The summed E-state index contributed by atoms with van der Waals surface area (Å²) in [6.07, 6.45) is 0. The van der Waals surface area contributed by atoms with Gasteiger partial charge >= 0.3 is 121 Å². The molecule has 1 heterocycles. The van der Waals surface area contributed by atoms with E-state index in [-0.39, 0.29) is 42.0 Å². The van der Waals surface area contributed by atoms with Gasteiger partial charge in [0.2, 0.25) is 0 Å². The third kappa shape index (κ3) is 34.6. The summed E-state index contributed by atoms with van der Waals surface area (Å²) in [5.41, 5.74) is 2.03. The zero-order valence-corrected chi connectivity index (χ0v) is 42.7. The Morgan fingerprint density at radius 2 is 0.977 bits per heavy atom. The average Bonchev–Trinajstić information content (AvgIpc) is 3.05. The quantitative estimate of drug-likeness (QED) is 0.0741. The van der Waals surface area contributed by atoms with Crippen molar-refractivity contribution in [3.8, 4) is 0 Å². The van der Waals surface area contributed by atoms with Crippen molar-refractivity contribution in [2.75, 3.05) is 0 Å². The van der Waals surface area contributed by atoms with Crippen molar-refractivity contribution in [2.45, 2.75) is 84.3 Å². The molecule has 0 spiro atoms. The first-order valence-corrected chi connectivity index (χ1v) is 36.2. The predicted molar refractivity (Wildman–Crippen MR) is 234 cm³/mol. The van der Waals surface area contributed by atoms with Crippen LogP contribution < -0.4 is 0 Å². The Bertz CT molecular complexity index is 911. The minimum atomic E-state index is -0.403. The zero-order valence-electron chi connectivity index (χ0n) is 27.0. The van der Waals surface area contributed by atoms with E-state index in [9.17, 15) is 20.2 Å². The van der Waals surface area contributed by atoms with Gasteiger partial charge in [0.05, 0.1) is 21.0 Å². The average molecular weight is 1370 g/mol. The van der Waals surface area contributed by atoms with Gasteiger partial charge in [0.15, 0.2) is 0 Å². The maximum absolute atomic E-state index is 10.1.